The summed E-state index contributed by atoms with van der Waals surface area (Å²) in [6.45, 7) is -0.587. The second kappa shape index (κ2) is 3.27. The van der Waals surface area contributed by atoms with Crippen LogP contribution in [0.2, 0.25) is 12.6 Å². The molecule has 0 N–H and O–H groups in total. The van der Waals surface area contributed by atoms with Crippen LogP contribution in [0.3, 0.4) is 0 Å². The molecule has 0 rings (SSSR count). The Labute approximate surface area is 66.7 Å². The lowest BCUT2D eigenvalue weighted by Crippen LogP contribution is -2.25. The van der Waals surface area contributed by atoms with Crippen molar-refractivity contribution in [2.75, 3.05) is 0 Å². The molecule has 0 fully saturated rings. The molecule has 3 radical (unpaired) electrons. The van der Waals surface area contributed by atoms with Gasteiger partial charge in [-0.05, 0) is 6.04 Å². The molecule has 0 nitrogen and oxygen atoms in total. The van der Waals surface area contributed by atoms with Crippen molar-refractivity contribution in [1.82, 2.24) is 0 Å². The van der Waals surface area contributed by atoms with Gasteiger partial charge in [0.25, 0.3) is 0 Å². The maximum Gasteiger partial charge on any atom is 0.388 e. The third-order valence-electron chi connectivity index (χ3n) is 0.878. The first-order chi connectivity index (χ1) is 4.21. The number of hydrogen-bond donors (Lipinski definition) is 0. The van der Waals surface area contributed by atoms with Crippen molar-refractivity contribution < 1.29 is 13.2 Å². The predicted octanol–water partition coefficient (Wildman–Crippen LogP) is 2.42. The normalized spacial score (nSPS) is 18.6. The van der Waals surface area contributed by atoms with Gasteiger partial charge in [-0.3, -0.25) is 0 Å². The van der Waals surface area contributed by atoms with E-state index in [4.69, 9.17) is 11.1 Å². The topological polar surface area (TPSA) is 0 Å². The smallest absolute Gasteiger partial charge is 0.172 e. The Balaban J connectivity index is 3.56. The molecule has 0 aliphatic carbocycles. The van der Waals surface area contributed by atoms with Crippen molar-refractivity contribution in [3.05, 3.63) is 0 Å². The molecule has 0 saturated heterocycles. The van der Waals surface area contributed by atoms with Gasteiger partial charge < -0.3 is 0 Å². The van der Waals surface area contributed by atoms with Crippen LogP contribution in [0, 0.1) is 0 Å². The van der Waals surface area contributed by atoms with Gasteiger partial charge in [0, 0.05) is 16.2 Å². The highest BCUT2D eigenvalue weighted by Crippen LogP contribution is 2.26. The van der Waals surface area contributed by atoms with Gasteiger partial charge in [-0.15, -0.1) is 0 Å². The lowest BCUT2D eigenvalue weighted by Gasteiger charge is -2.13. The fraction of sp³-hybridized carbons (Fsp3) is 1.00. The molecule has 59 valence electrons. The van der Waals surface area contributed by atoms with Crippen molar-refractivity contribution in [3.8, 4) is 0 Å². The first-order valence-corrected chi connectivity index (χ1v) is 7.93. The van der Waals surface area contributed by atoms with E-state index in [-0.39, 0.29) is 6.04 Å². The zero-order valence-electron chi connectivity index (χ0n) is 5.43. The van der Waals surface area contributed by atoms with Gasteiger partial charge in [0.1, 0.15) is 6.90 Å². The Morgan fingerprint density at radius 3 is 2.00 bits per heavy atom. The van der Waals surface area contributed by atoms with Gasteiger partial charge in [0.05, 0.1) is 0 Å². The second-order valence-corrected chi connectivity index (χ2v) is 12.0. The number of halogens is 4. The van der Waals surface area contributed by atoms with Gasteiger partial charge in [0.15, 0.2) is 0 Å². The fourth-order valence-corrected chi connectivity index (χ4v) is 1.79. The highest BCUT2D eigenvalue weighted by atomic mass is 35.6. The number of hydrogen-bond acceptors (Lipinski definition) is 0. The van der Waals surface area contributed by atoms with Crippen LogP contribution < -0.4 is 0 Å². The molecule has 1 unspecified atom stereocenters. The zero-order valence-corrected chi connectivity index (χ0v) is 8.18. The summed E-state index contributed by atoms with van der Waals surface area (Å²) >= 11 is 5.59. The zero-order chi connectivity index (χ0) is 8.41. The lowest BCUT2D eigenvalue weighted by atomic mass is 10.5. The standard InChI is InChI=1S/C4H7ClF3Si2/c1-10(5,9)3-2-4(6,7)8/h2-3H2,1H3. The molecule has 0 aliphatic heterocycles. The van der Waals surface area contributed by atoms with Crippen LogP contribution in [0.15, 0.2) is 0 Å². The first kappa shape index (κ1) is 10.5. The highest BCUT2D eigenvalue weighted by Gasteiger charge is 2.30. The van der Waals surface area contributed by atoms with E-state index in [1.165, 1.54) is 0 Å². The van der Waals surface area contributed by atoms with Crippen LogP contribution in [-0.2, 0) is 0 Å². The Kier molecular flexibility index (Phi) is 3.44. The van der Waals surface area contributed by atoms with E-state index in [9.17, 15) is 13.2 Å². The van der Waals surface area contributed by atoms with Crippen molar-refractivity contribution >= 4 is 27.7 Å². The maximum absolute atomic E-state index is 11.5. The first-order valence-electron chi connectivity index (χ1n) is 2.71. The molecule has 0 aromatic heterocycles. The largest absolute Gasteiger partial charge is 0.388 e. The fourth-order valence-electron chi connectivity index (χ4n) is 0.376. The molecule has 0 aromatic rings. The van der Waals surface area contributed by atoms with E-state index < -0.39 is 19.5 Å². The van der Waals surface area contributed by atoms with Gasteiger partial charge in [0.2, 0.25) is 0 Å². The minimum atomic E-state index is -4.07. The highest BCUT2D eigenvalue weighted by molar-refractivity contribution is 7.42. The van der Waals surface area contributed by atoms with Crippen molar-refractivity contribution in [1.29, 1.82) is 0 Å². The number of rotatable bonds is 2. The molecule has 6 heteroatoms. The SMILES string of the molecule is C[Si]([Si])(Cl)CCC(F)(F)F. The van der Waals surface area contributed by atoms with Crippen LogP contribution in [-0.4, -0.2) is 22.8 Å². The summed E-state index contributed by atoms with van der Waals surface area (Å²) in [6, 6.07) is 0.0228. The van der Waals surface area contributed by atoms with E-state index in [1.54, 1.807) is 6.55 Å². The van der Waals surface area contributed by atoms with Crippen molar-refractivity contribution in [2.24, 2.45) is 0 Å². The average Bonchev–Trinajstić information content (AvgIpc) is 1.57. The third-order valence-corrected chi connectivity index (χ3v) is 3.38. The van der Waals surface area contributed by atoms with E-state index in [2.05, 4.69) is 9.76 Å². The van der Waals surface area contributed by atoms with E-state index in [0.717, 1.165) is 0 Å². The van der Waals surface area contributed by atoms with E-state index in [0.29, 0.717) is 0 Å². The molecule has 1 atom stereocenters. The van der Waals surface area contributed by atoms with Crippen LogP contribution in [0.5, 0.6) is 0 Å². The second-order valence-electron chi connectivity index (χ2n) is 2.31. The maximum atomic E-state index is 11.5. The third kappa shape index (κ3) is 8.51. The number of alkyl halides is 3. The monoisotopic (exact) mass is 203 g/mol. The Morgan fingerprint density at radius 2 is 1.90 bits per heavy atom. The minimum absolute atomic E-state index is 0.0228. The minimum Gasteiger partial charge on any atom is -0.172 e. The molecule has 10 heavy (non-hydrogen) atoms. The quantitative estimate of drug-likeness (QED) is 0.478. The molecule has 0 bridgehead atoms. The summed E-state index contributed by atoms with van der Waals surface area (Å²) in [4.78, 5) is 0. The van der Waals surface area contributed by atoms with Crippen LogP contribution in [0.1, 0.15) is 6.42 Å². The van der Waals surface area contributed by atoms with Crippen molar-refractivity contribution in [2.45, 2.75) is 25.2 Å². The van der Waals surface area contributed by atoms with Gasteiger partial charge in [-0.2, -0.15) is 24.3 Å². The van der Waals surface area contributed by atoms with E-state index in [1.807, 2.05) is 0 Å². The summed E-state index contributed by atoms with van der Waals surface area (Å²) in [5.74, 6) is 0. The summed E-state index contributed by atoms with van der Waals surface area (Å²) in [7, 11) is 3.08. The molecule has 0 aliphatic rings. The Morgan fingerprint density at radius 1 is 1.50 bits per heavy atom. The van der Waals surface area contributed by atoms with Crippen LogP contribution in [0.4, 0.5) is 13.2 Å². The molecule has 0 spiro atoms. The van der Waals surface area contributed by atoms with Crippen LogP contribution >= 0.6 is 11.1 Å². The van der Waals surface area contributed by atoms with Gasteiger partial charge in [-0.1, -0.05) is 6.55 Å². The summed E-state index contributed by atoms with van der Waals surface area (Å²) in [6.07, 6.45) is -4.86. The molecular formula is C4H7ClF3Si2. The average molecular weight is 204 g/mol. The summed E-state index contributed by atoms with van der Waals surface area (Å²) in [5, 5.41) is 0. The Bertz CT molecular complexity index is 92.1. The molecule has 0 amide bonds. The summed E-state index contributed by atoms with van der Waals surface area (Å²) in [5.41, 5.74) is 0. The van der Waals surface area contributed by atoms with Crippen molar-refractivity contribution in [3.63, 3.8) is 0 Å². The van der Waals surface area contributed by atoms with E-state index >= 15 is 0 Å². The predicted molar refractivity (Wildman–Crippen MR) is 38.7 cm³/mol. The molecule has 0 saturated carbocycles. The van der Waals surface area contributed by atoms with Gasteiger partial charge in [-0.25, -0.2) is 0 Å². The summed E-state index contributed by atoms with van der Waals surface area (Å²) < 4.78 is 34.6. The van der Waals surface area contributed by atoms with Gasteiger partial charge >= 0.3 is 6.18 Å². The Hall–Kier alpha value is 0.514. The lowest BCUT2D eigenvalue weighted by molar-refractivity contribution is -0.130. The van der Waals surface area contributed by atoms with Crippen LogP contribution in [0.25, 0.3) is 0 Å². The molecule has 0 heterocycles. The molecule has 0 aromatic carbocycles. The molecular weight excluding hydrogens is 197 g/mol.